The maximum absolute atomic E-state index is 13.3. The van der Waals surface area contributed by atoms with Gasteiger partial charge in [0, 0.05) is 34.1 Å². The first-order valence-corrected chi connectivity index (χ1v) is 14.6. The number of ketones is 1. The maximum atomic E-state index is 13.3. The lowest BCUT2D eigenvalue weighted by Gasteiger charge is -2.35. The Bertz CT molecular complexity index is 1680. The smallest absolute Gasteiger partial charge is 0.233 e. The Kier molecular flexibility index (Phi) is 7.19. The van der Waals surface area contributed by atoms with Gasteiger partial charge in [0.15, 0.2) is 5.78 Å². The van der Waals surface area contributed by atoms with Gasteiger partial charge in [-0.25, -0.2) is 8.42 Å². The average Bonchev–Trinajstić information content (AvgIpc) is 2.91. The molecule has 6 nitrogen and oxygen atoms in total. The van der Waals surface area contributed by atoms with E-state index in [-0.39, 0.29) is 17.1 Å². The van der Waals surface area contributed by atoms with Crippen molar-refractivity contribution in [3.8, 4) is 5.75 Å². The van der Waals surface area contributed by atoms with Gasteiger partial charge in [0.2, 0.25) is 10.0 Å². The Morgan fingerprint density at radius 3 is 2.59 bits per heavy atom. The molecule has 0 fully saturated rings. The van der Waals surface area contributed by atoms with Gasteiger partial charge in [-0.3, -0.25) is 9.52 Å². The number of anilines is 1. The second-order valence-corrected chi connectivity index (χ2v) is 12.4. The molecule has 2 N–H and O–H groups in total. The molecule has 1 aliphatic rings. The molecule has 5 rings (SSSR count). The summed E-state index contributed by atoms with van der Waals surface area (Å²) in [5.74, 6) is 0.426. The van der Waals surface area contributed by atoms with Crippen LogP contribution >= 0.6 is 0 Å². The van der Waals surface area contributed by atoms with Crippen LogP contribution in [-0.2, 0) is 22.9 Å². The van der Waals surface area contributed by atoms with Crippen LogP contribution in [-0.4, -0.2) is 32.6 Å². The number of rotatable bonds is 8. The number of carbonyl (C=O) groups excluding carboxylic acids is 1. The van der Waals surface area contributed by atoms with Crippen molar-refractivity contribution in [2.24, 2.45) is 0 Å². The van der Waals surface area contributed by atoms with E-state index >= 15 is 0 Å². The number of allylic oxidation sites excluding steroid dienone is 1. The summed E-state index contributed by atoms with van der Waals surface area (Å²) < 4.78 is 33.9. The van der Waals surface area contributed by atoms with E-state index in [1.165, 1.54) is 0 Å². The summed E-state index contributed by atoms with van der Waals surface area (Å²) in [6.07, 6.45) is 2.77. The molecule has 1 aliphatic heterocycles. The minimum absolute atomic E-state index is 0.0686. The van der Waals surface area contributed by atoms with E-state index in [0.717, 1.165) is 33.9 Å². The van der Waals surface area contributed by atoms with Gasteiger partial charge in [0.1, 0.15) is 5.75 Å². The topological polar surface area (TPSA) is 84.5 Å². The third-order valence-corrected chi connectivity index (χ3v) is 8.22. The number of methoxy groups -OCH3 is 1. The Hall–Kier alpha value is -4.10. The summed E-state index contributed by atoms with van der Waals surface area (Å²) in [6.45, 7) is 4.18. The van der Waals surface area contributed by atoms with E-state index in [4.69, 9.17) is 4.74 Å². The van der Waals surface area contributed by atoms with Crippen molar-refractivity contribution in [1.82, 2.24) is 5.32 Å². The minimum atomic E-state index is -3.64. The summed E-state index contributed by atoms with van der Waals surface area (Å²) in [7, 11) is -2.02. The van der Waals surface area contributed by atoms with E-state index in [0.29, 0.717) is 29.1 Å². The third-order valence-electron chi connectivity index (χ3n) is 6.93. The third kappa shape index (κ3) is 6.15. The zero-order chi connectivity index (χ0) is 27.6. The quantitative estimate of drug-likeness (QED) is 0.212. The molecule has 1 heterocycles. The van der Waals surface area contributed by atoms with Gasteiger partial charge < -0.3 is 10.1 Å². The van der Waals surface area contributed by atoms with Crippen molar-refractivity contribution in [3.05, 3.63) is 113 Å². The number of ether oxygens (including phenoxy) is 1. The minimum Gasteiger partial charge on any atom is -0.497 e. The lowest BCUT2D eigenvalue weighted by Crippen LogP contribution is -2.43. The van der Waals surface area contributed by atoms with E-state index in [2.05, 4.69) is 23.9 Å². The second-order valence-electron chi connectivity index (χ2n) is 10.5. The first kappa shape index (κ1) is 26.5. The van der Waals surface area contributed by atoms with Crippen LogP contribution in [0.4, 0.5) is 5.69 Å². The number of nitrogens with one attached hydrogen (secondary N) is 2. The fourth-order valence-electron chi connectivity index (χ4n) is 5.09. The largest absolute Gasteiger partial charge is 0.497 e. The van der Waals surface area contributed by atoms with Crippen molar-refractivity contribution >= 4 is 38.0 Å². The first-order chi connectivity index (χ1) is 18.6. The summed E-state index contributed by atoms with van der Waals surface area (Å²) in [6, 6.07) is 26.3. The predicted octanol–water partition coefficient (Wildman–Crippen LogP) is 5.98. The Labute approximate surface area is 229 Å². The molecule has 0 bridgehead atoms. The number of carbonyl (C=O) groups is 1. The summed E-state index contributed by atoms with van der Waals surface area (Å²) in [5, 5.41) is 5.60. The summed E-state index contributed by atoms with van der Waals surface area (Å²) in [4.78, 5) is 13.3. The Morgan fingerprint density at radius 2 is 1.77 bits per heavy atom. The molecule has 0 aliphatic carbocycles. The Morgan fingerprint density at radius 1 is 1.00 bits per heavy atom. The van der Waals surface area contributed by atoms with Crippen molar-refractivity contribution in [1.29, 1.82) is 0 Å². The fraction of sp³-hybridized carbons (Fsp3) is 0.219. The van der Waals surface area contributed by atoms with E-state index in [1.807, 2.05) is 60.7 Å². The van der Waals surface area contributed by atoms with Crippen LogP contribution in [0.25, 0.3) is 16.5 Å². The molecule has 0 aromatic heterocycles. The molecule has 39 heavy (non-hydrogen) atoms. The molecule has 0 atom stereocenters. The van der Waals surface area contributed by atoms with Crippen molar-refractivity contribution < 1.29 is 17.9 Å². The van der Waals surface area contributed by atoms with E-state index < -0.39 is 10.0 Å². The number of hydrogen-bond acceptors (Lipinski definition) is 5. The molecule has 4 aromatic rings. The summed E-state index contributed by atoms with van der Waals surface area (Å²) in [5.41, 5.74) is 4.27. The molecular weight excluding hydrogens is 508 g/mol. The van der Waals surface area contributed by atoms with Gasteiger partial charge in [-0.2, -0.15) is 0 Å². The monoisotopic (exact) mass is 540 g/mol. The molecule has 200 valence electrons. The second kappa shape index (κ2) is 10.6. The maximum Gasteiger partial charge on any atom is 0.233 e. The summed E-state index contributed by atoms with van der Waals surface area (Å²) >= 11 is 0. The van der Waals surface area contributed by atoms with Crippen LogP contribution in [0.1, 0.15) is 40.9 Å². The van der Waals surface area contributed by atoms with Crippen LogP contribution in [0.3, 0.4) is 0 Å². The lowest BCUT2D eigenvalue weighted by atomic mass is 9.85. The van der Waals surface area contributed by atoms with Gasteiger partial charge in [-0.05, 0) is 72.9 Å². The molecule has 0 radical (unpaired) electrons. The standard InChI is InChI=1S/C32H32N2O4S/c1-32(2)21-25-14-15-27(38-3)19-29(25)30(33-32)20-31(35)24-11-7-12-26(18-24)34-39(36,37)17-16-23-10-6-9-22-8-4-5-13-28(22)23/h4-15,18-20,33-34H,16-17,21H2,1-3H3. The highest BCUT2D eigenvalue weighted by molar-refractivity contribution is 7.92. The zero-order valence-corrected chi connectivity index (χ0v) is 23.1. The highest BCUT2D eigenvalue weighted by Crippen LogP contribution is 2.32. The number of aryl methyl sites for hydroxylation is 1. The number of hydrogen-bond donors (Lipinski definition) is 2. The number of fused-ring (bicyclic) bond motifs is 2. The fourth-order valence-corrected chi connectivity index (χ4v) is 6.17. The van der Waals surface area contributed by atoms with Gasteiger partial charge in [0.05, 0.1) is 12.9 Å². The highest BCUT2D eigenvalue weighted by atomic mass is 32.2. The van der Waals surface area contributed by atoms with Crippen LogP contribution in [0.5, 0.6) is 5.75 Å². The lowest BCUT2D eigenvalue weighted by molar-refractivity contribution is 0.104. The van der Waals surface area contributed by atoms with Crippen LogP contribution < -0.4 is 14.8 Å². The molecule has 0 saturated heterocycles. The van der Waals surface area contributed by atoms with Gasteiger partial charge in [-0.15, -0.1) is 0 Å². The Balaban J connectivity index is 1.34. The SMILES string of the molecule is COc1ccc2c(c1)C(=CC(=O)c1cccc(NS(=O)(=O)CCc3cccc4ccccc34)c1)NC(C)(C)C2. The number of sulfonamides is 1. The van der Waals surface area contributed by atoms with E-state index in [9.17, 15) is 13.2 Å². The van der Waals surface area contributed by atoms with Crippen LogP contribution in [0, 0.1) is 0 Å². The first-order valence-electron chi connectivity index (χ1n) is 12.9. The highest BCUT2D eigenvalue weighted by Gasteiger charge is 2.28. The van der Waals surface area contributed by atoms with Crippen molar-refractivity contribution in [3.63, 3.8) is 0 Å². The van der Waals surface area contributed by atoms with Crippen molar-refractivity contribution in [2.75, 3.05) is 17.6 Å². The van der Waals surface area contributed by atoms with Crippen LogP contribution in [0.2, 0.25) is 0 Å². The predicted molar refractivity (Wildman–Crippen MR) is 158 cm³/mol. The molecule has 7 heteroatoms. The van der Waals surface area contributed by atoms with E-state index in [1.54, 1.807) is 37.5 Å². The normalized spacial score (nSPS) is 15.4. The average molecular weight is 541 g/mol. The van der Waals surface area contributed by atoms with Gasteiger partial charge >= 0.3 is 0 Å². The molecular formula is C32H32N2O4S. The zero-order valence-electron chi connectivity index (χ0n) is 22.3. The van der Waals surface area contributed by atoms with Crippen LogP contribution in [0.15, 0.2) is 91.0 Å². The van der Waals surface area contributed by atoms with Crippen molar-refractivity contribution in [2.45, 2.75) is 32.2 Å². The molecule has 0 unspecified atom stereocenters. The number of benzene rings is 4. The molecule has 0 amide bonds. The van der Waals surface area contributed by atoms with Gasteiger partial charge in [0.25, 0.3) is 0 Å². The molecule has 0 spiro atoms. The molecule has 0 saturated carbocycles. The molecule has 4 aromatic carbocycles. The van der Waals surface area contributed by atoms with Gasteiger partial charge in [-0.1, -0.05) is 60.7 Å².